The standard InChI is InChI=1S/C39H49FN2O14/c1-37-22-33(45)39(40)28(9-8-25-21-26(43)14-15-38(25,39)2)27(37)10-11-29(37)30(44)23-54-35(47)41-16-19-53-36(48)56-31-12-6-24(20-32(31)51-3)7-13-34(46)52-17-4-5-18-55-42(49)50/h6-7,12-15,20-21,27-29,33,45,49-50H,4-5,8-11,16-19,22-23H2,1-3H3,(H,41,47)/b13-7+/t27?,28-,29?,33-,37-,38-,39?/m0/s1. The van der Waals surface area contributed by atoms with Crippen LogP contribution in [0.2, 0.25) is 0 Å². The van der Waals surface area contributed by atoms with Gasteiger partial charge in [0.1, 0.15) is 6.61 Å². The molecule has 16 nitrogen and oxygen atoms in total. The number of methoxy groups -OCH3 is 1. The van der Waals surface area contributed by atoms with Crippen LogP contribution in [0.4, 0.5) is 14.0 Å². The number of nitrogens with zero attached hydrogens (tertiary/aromatic N) is 1. The van der Waals surface area contributed by atoms with E-state index in [2.05, 4.69) is 10.2 Å². The second kappa shape index (κ2) is 18.1. The molecule has 3 fully saturated rings. The zero-order valence-electron chi connectivity index (χ0n) is 31.6. The fourth-order valence-corrected chi connectivity index (χ4v) is 9.04. The van der Waals surface area contributed by atoms with Crippen LogP contribution in [0, 0.1) is 28.6 Å². The van der Waals surface area contributed by atoms with Crippen molar-refractivity contribution < 1.29 is 72.4 Å². The molecule has 4 aliphatic carbocycles. The molecule has 306 valence electrons. The third kappa shape index (κ3) is 9.13. The number of benzene rings is 1. The van der Waals surface area contributed by atoms with Gasteiger partial charge in [0, 0.05) is 23.3 Å². The third-order valence-electron chi connectivity index (χ3n) is 11.7. The Hall–Kier alpha value is -4.68. The first-order valence-corrected chi connectivity index (χ1v) is 18.5. The Bertz CT molecular complexity index is 1750. The Morgan fingerprint density at radius 1 is 1.00 bits per heavy atom. The summed E-state index contributed by atoms with van der Waals surface area (Å²) >= 11 is 0. The van der Waals surface area contributed by atoms with Gasteiger partial charge in [-0.25, -0.2) is 18.8 Å². The van der Waals surface area contributed by atoms with E-state index in [-0.39, 0.29) is 61.8 Å². The molecular weight excluding hydrogens is 739 g/mol. The van der Waals surface area contributed by atoms with Crippen LogP contribution >= 0.6 is 0 Å². The number of nitrogens with one attached hydrogen (secondary N) is 1. The predicted octanol–water partition coefficient (Wildman–Crippen LogP) is 4.84. The SMILES string of the molecule is COc1cc(/C=C/C(=O)OCCCCON(O)O)ccc1OC(=O)OCCNC(=O)OCC(=O)C1CCC2[C@@H]3CCC4=CC(=O)C=C[C@]4(C)C3(F)[C@@H](O)C[C@]12C. The zero-order chi connectivity index (χ0) is 40.7. The summed E-state index contributed by atoms with van der Waals surface area (Å²) in [6.07, 6.45) is 6.76. The number of aliphatic hydroxyl groups is 1. The molecule has 0 aliphatic heterocycles. The van der Waals surface area contributed by atoms with Gasteiger partial charge in [0.2, 0.25) is 0 Å². The van der Waals surface area contributed by atoms with Crippen LogP contribution in [0.3, 0.4) is 0 Å². The third-order valence-corrected chi connectivity index (χ3v) is 11.7. The Balaban J connectivity index is 1.02. The van der Waals surface area contributed by atoms with E-state index in [1.165, 1.54) is 43.5 Å². The second-order valence-electron chi connectivity index (χ2n) is 14.9. The smallest absolute Gasteiger partial charge is 0.493 e. The molecule has 0 saturated heterocycles. The first-order chi connectivity index (χ1) is 26.6. The van der Waals surface area contributed by atoms with Crippen molar-refractivity contribution >= 4 is 35.9 Å². The lowest BCUT2D eigenvalue weighted by atomic mass is 9.45. The lowest BCUT2D eigenvalue weighted by Gasteiger charge is -2.62. The topological polar surface area (TPSA) is 217 Å². The number of aliphatic hydroxyl groups excluding tert-OH is 1. The minimum absolute atomic E-state index is 0.0294. The van der Waals surface area contributed by atoms with Crippen LogP contribution in [0.1, 0.15) is 64.4 Å². The number of fused-ring (bicyclic) bond motifs is 5. The first kappa shape index (κ1) is 42.5. The highest BCUT2D eigenvalue weighted by Crippen LogP contribution is 2.68. The molecule has 0 bridgehead atoms. The number of unbranched alkanes of at least 4 members (excludes halogenated alkanes) is 1. The maximum atomic E-state index is 17.2. The zero-order valence-corrected chi connectivity index (χ0v) is 31.6. The van der Waals surface area contributed by atoms with Gasteiger partial charge in [-0.3, -0.25) is 24.8 Å². The highest BCUT2D eigenvalue weighted by atomic mass is 19.1. The summed E-state index contributed by atoms with van der Waals surface area (Å²) in [6.45, 7) is 2.84. The number of halogens is 1. The van der Waals surface area contributed by atoms with Crippen molar-refractivity contribution in [2.24, 2.45) is 28.6 Å². The van der Waals surface area contributed by atoms with E-state index in [0.717, 1.165) is 0 Å². The Labute approximate surface area is 323 Å². The number of carbonyl (C=O) groups excluding carboxylic acids is 5. The van der Waals surface area contributed by atoms with Crippen LogP contribution in [0.5, 0.6) is 11.5 Å². The number of amides is 1. The largest absolute Gasteiger partial charge is 0.514 e. The molecule has 0 heterocycles. The molecule has 1 amide bonds. The van der Waals surface area contributed by atoms with Crippen LogP contribution in [-0.4, -0.2) is 103 Å². The average molecular weight is 789 g/mol. The van der Waals surface area contributed by atoms with E-state index in [1.807, 2.05) is 6.92 Å². The summed E-state index contributed by atoms with van der Waals surface area (Å²) in [4.78, 5) is 66.5. The number of alkyl carbamates (subject to hydrolysis) is 1. The number of allylic oxidation sites excluding steroid dienone is 4. The maximum Gasteiger partial charge on any atom is 0.514 e. The van der Waals surface area contributed by atoms with E-state index < -0.39 is 64.7 Å². The number of hydrogen-bond acceptors (Lipinski definition) is 15. The van der Waals surface area contributed by atoms with Crippen molar-refractivity contribution in [3.05, 3.63) is 53.6 Å². The molecule has 0 radical (unpaired) electrons. The molecule has 0 spiro atoms. The van der Waals surface area contributed by atoms with Crippen molar-refractivity contribution in [3.63, 3.8) is 0 Å². The molecule has 3 saturated carbocycles. The molecule has 1 aromatic rings. The molecule has 5 rings (SSSR count). The summed E-state index contributed by atoms with van der Waals surface area (Å²) < 4.78 is 43.0. The van der Waals surface area contributed by atoms with Gasteiger partial charge in [0.15, 0.2) is 35.3 Å². The molecule has 4 N–H and O–H groups in total. The number of ketones is 2. The Morgan fingerprint density at radius 2 is 1.77 bits per heavy atom. The van der Waals surface area contributed by atoms with E-state index in [0.29, 0.717) is 49.7 Å². The number of carbonyl (C=O) groups is 5. The van der Waals surface area contributed by atoms with Crippen LogP contribution in [0.15, 0.2) is 48.1 Å². The monoisotopic (exact) mass is 788 g/mol. The fraction of sp³-hybridized carbons (Fsp3) is 0.564. The quantitative estimate of drug-likeness (QED) is 0.0440. The summed E-state index contributed by atoms with van der Waals surface area (Å²) in [5.74, 6) is -2.14. The summed E-state index contributed by atoms with van der Waals surface area (Å²) in [7, 11) is 1.35. The highest BCUT2D eigenvalue weighted by molar-refractivity contribution is 6.01. The molecule has 1 aromatic carbocycles. The molecule has 3 unspecified atom stereocenters. The van der Waals surface area contributed by atoms with Gasteiger partial charge in [-0.1, -0.05) is 24.6 Å². The van der Waals surface area contributed by atoms with E-state index in [1.54, 1.807) is 19.1 Å². The van der Waals surface area contributed by atoms with Crippen molar-refractivity contribution in [1.29, 1.82) is 0 Å². The highest BCUT2D eigenvalue weighted by Gasteiger charge is 2.70. The second-order valence-corrected chi connectivity index (χ2v) is 14.9. The average Bonchev–Trinajstić information content (AvgIpc) is 3.50. The fourth-order valence-electron chi connectivity index (χ4n) is 9.04. The van der Waals surface area contributed by atoms with E-state index in [9.17, 15) is 29.1 Å². The molecule has 17 heteroatoms. The van der Waals surface area contributed by atoms with Crippen molar-refractivity contribution in [3.8, 4) is 11.5 Å². The van der Waals surface area contributed by atoms with Gasteiger partial charge in [0.05, 0.1) is 38.4 Å². The van der Waals surface area contributed by atoms with Gasteiger partial charge in [-0.05, 0) is 99.1 Å². The molecular formula is C39H49FN2O14. The molecule has 56 heavy (non-hydrogen) atoms. The van der Waals surface area contributed by atoms with Crippen LogP contribution in [-0.2, 0) is 33.4 Å². The number of rotatable bonds is 16. The number of hydrogen-bond donors (Lipinski definition) is 4. The summed E-state index contributed by atoms with van der Waals surface area (Å²) in [5, 5.41) is 30.3. The number of alkyl halides is 1. The summed E-state index contributed by atoms with van der Waals surface area (Å²) in [5.41, 5.74) is -2.57. The normalized spacial score (nSPS) is 29.1. The van der Waals surface area contributed by atoms with E-state index in [4.69, 9.17) is 34.1 Å². The lowest BCUT2D eigenvalue weighted by Crippen LogP contribution is -2.66. The van der Waals surface area contributed by atoms with Gasteiger partial charge >= 0.3 is 18.2 Å². The van der Waals surface area contributed by atoms with Gasteiger partial charge in [-0.2, -0.15) is 0 Å². The molecule has 4 aliphatic rings. The van der Waals surface area contributed by atoms with Crippen molar-refractivity contribution in [2.45, 2.75) is 70.6 Å². The van der Waals surface area contributed by atoms with Crippen molar-refractivity contribution in [1.82, 2.24) is 10.7 Å². The minimum Gasteiger partial charge on any atom is -0.493 e. The number of esters is 1. The molecule has 0 aromatic heterocycles. The van der Waals surface area contributed by atoms with Gasteiger partial charge < -0.3 is 34.1 Å². The van der Waals surface area contributed by atoms with Crippen molar-refractivity contribution in [2.75, 3.05) is 40.1 Å². The van der Waals surface area contributed by atoms with Crippen LogP contribution < -0.4 is 14.8 Å². The summed E-state index contributed by atoms with van der Waals surface area (Å²) in [6, 6.07) is 4.49. The Morgan fingerprint density at radius 3 is 2.52 bits per heavy atom. The van der Waals surface area contributed by atoms with Crippen LogP contribution in [0.25, 0.3) is 6.08 Å². The van der Waals surface area contributed by atoms with Gasteiger partial charge in [-0.15, -0.1) is 0 Å². The Kier molecular flexibility index (Phi) is 13.7. The molecule has 7 atom stereocenters. The maximum absolute atomic E-state index is 17.2. The number of Topliss-reactive ketones (excluding diaryl/α,β-unsaturated/α-hetero) is 1. The number of ether oxygens (including phenoxy) is 5. The van der Waals surface area contributed by atoms with E-state index >= 15 is 4.39 Å². The minimum atomic E-state index is -1.98. The lowest BCUT2D eigenvalue weighted by molar-refractivity contribution is -0.492. The first-order valence-electron chi connectivity index (χ1n) is 18.5. The van der Waals surface area contributed by atoms with Gasteiger partial charge in [0.25, 0.3) is 0 Å². The predicted molar refractivity (Wildman–Crippen MR) is 192 cm³/mol.